The lowest BCUT2D eigenvalue weighted by Crippen LogP contribution is -2.37. The van der Waals surface area contributed by atoms with Gasteiger partial charge < -0.3 is 14.6 Å². The Kier molecular flexibility index (Phi) is 5.58. The minimum Gasteiger partial charge on any atom is -0.491 e. The summed E-state index contributed by atoms with van der Waals surface area (Å²) in [6.07, 6.45) is 4.70. The van der Waals surface area contributed by atoms with Crippen LogP contribution >= 0.6 is 0 Å². The zero-order valence-corrected chi connectivity index (χ0v) is 17.8. The quantitative estimate of drug-likeness (QED) is 0.684. The van der Waals surface area contributed by atoms with Gasteiger partial charge in [0.05, 0.1) is 18.7 Å². The summed E-state index contributed by atoms with van der Waals surface area (Å²) < 4.78 is 7.84. The molecule has 5 rings (SSSR count). The summed E-state index contributed by atoms with van der Waals surface area (Å²) in [5.41, 5.74) is 2.26. The first kappa shape index (κ1) is 20.2. The van der Waals surface area contributed by atoms with E-state index in [1.165, 1.54) is 11.3 Å². The van der Waals surface area contributed by atoms with E-state index in [1.807, 2.05) is 42.5 Å². The normalized spacial score (nSPS) is 15.8. The molecule has 0 saturated heterocycles. The van der Waals surface area contributed by atoms with Crippen LogP contribution in [0.1, 0.15) is 31.5 Å². The van der Waals surface area contributed by atoms with Gasteiger partial charge in [-0.15, -0.1) is 10.2 Å². The van der Waals surface area contributed by atoms with Gasteiger partial charge in [-0.1, -0.05) is 18.6 Å². The van der Waals surface area contributed by atoms with Crippen molar-refractivity contribution in [2.75, 3.05) is 23.4 Å². The van der Waals surface area contributed by atoms with Crippen molar-refractivity contribution in [2.45, 2.75) is 38.6 Å². The van der Waals surface area contributed by atoms with Crippen molar-refractivity contribution in [3.05, 3.63) is 54.4 Å². The fraction of sp³-hybridized carbons (Fsp3) is 0.333. The molecule has 0 unspecified atom stereocenters. The highest BCUT2D eigenvalue weighted by atomic mass is 16.5. The molecule has 0 saturated carbocycles. The summed E-state index contributed by atoms with van der Waals surface area (Å²) in [6, 6.07) is 14.9. The molecule has 0 radical (unpaired) electrons. The van der Waals surface area contributed by atoms with Crippen molar-refractivity contribution in [1.82, 2.24) is 14.8 Å². The second-order valence-electron chi connectivity index (χ2n) is 8.07. The molecular weight excluding hydrogens is 406 g/mol. The average molecular weight is 431 g/mol. The first-order valence-corrected chi connectivity index (χ1v) is 11.0. The molecule has 1 N–H and O–H groups in total. The minimum absolute atomic E-state index is 0.0708. The molecule has 8 heteroatoms. The maximum Gasteiger partial charge on any atom is 0.244 e. The van der Waals surface area contributed by atoms with Gasteiger partial charge in [0.25, 0.3) is 0 Å². The number of carbonyl (C=O) groups excluding carboxylic acids is 2. The Morgan fingerprint density at radius 1 is 1.00 bits per heavy atom. The molecule has 8 nitrogen and oxygen atoms in total. The van der Waals surface area contributed by atoms with Crippen LogP contribution in [0.2, 0.25) is 0 Å². The van der Waals surface area contributed by atoms with Gasteiger partial charge in [-0.2, -0.15) is 0 Å². The van der Waals surface area contributed by atoms with E-state index in [2.05, 4.69) is 20.1 Å². The van der Waals surface area contributed by atoms with E-state index in [1.54, 1.807) is 6.07 Å². The molecule has 3 heterocycles. The molecule has 1 aromatic heterocycles. The number of hydrogen-bond donors (Lipinski definition) is 1. The fourth-order valence-electron chi connectivity index (χ4n) is 4.24. The number of nitrogens with zero attached hydrogens (tertiary/aromatic N) is 4. The summed E-state index contributed by atoms with van der Waals surface area (Å²) in [5, 5.41) is 11.6. The van der Waals surface area contributed by atoms with Crippen molar-refractivity contribution in [2.24, 2.45) is 0 Å². The summed E-state index contributed by atoms with van der Waals surface area (Å²) in [6.45, 7) is 1.17. The predicted molar refractivity (Wildman–Crippen MR) is 121 cm³/mol. The van der Waals surface area contributed by atoms with E-state index in [9.17, 15) is 9.59 Å². The maximum atomic E-state index is 12.7. The first-order chi connectivity index (χ1) is 15.7. The molecule has 32 heavy (non-hydrogen) atoms. The Morgan fingerprint density at radius 3 is 2.72 bits per heavy atom. The molecule has 0 bridgehead atoms. The number of hydrogen-bond acceptors (Lipinski definition) is 5. The molecule has 2 aliphatic heterocycles. The van der Waals surface area contributed by atoms with Crippen LogP contribution in [-0.2, 0) is 22.6 Å². The lowest BCUT2D eigenvalue weighted by Gasteiger charge is -2.21. The van der Waals surface area contributed by atoms with Gasteiger partial charge in [0, 0.05) is 24.2 Å². The molecule has 0 fully saturated rings. The average Bonchev–Trinajstić information content (AvgIpc) is 2.96. The molecular formula is C24H25N5O3. The van der Waals surface area contributed by atoms with E-state index in [-0.39, 0.29) is 24.8 Å². The molecule has 164 valence electrons. The number of aromatic nitrogens is 3. The van der Waals surface area contributed by atoms with Gasteiger partial charge in [-0.25, -0.2) is 0 Å². The lowest BCUT2D eigenvalue weighted by molar-refractivity contribution is -0.121. The van der Waals surface area contributed by atoms with Crippen molar-refractivity contribution in [3.8, 4) is 17.1 Å². The van der Waals surface area contributed by atoms with Crippen LogP contribution in [0.4, 0.5) is 11.4 Å². The summed E-state index contributed by atoms with van der Waals surface area (Å²) >= 11 is 0. The van der Waals surface area contributed by atoms with Crippen LogP contribution in [0.15, 0.2) is 48.5 Å². The number of ether oxygens (including phenoxy) is 1. The number of anilines is 2. The summed E-state index contributed by atoms with van der Waals surface area (Å²) in [5.74, 6) is 2.13. The van der Waals surface area contributed by atoms with Crippen LogP contribution in [-0.4, -0.2) is 39.7 Å². The molecule has 2 amide bonds. The Labute approximate surface area is 186 Å². The Bertz CT molecular complexity index is 1140. The smallest absolute Gasteiger partial charge is 0.244 e. The maximum absolute atomic E-state index is 12.7. The van der Waals surface area contributed by atoms with E-state index >= 15 is 0 Å². The Balaban J connectivity index is 1.29. The third-order valence-corrected chi connectivity index (χ3v) is 5.87. The van der Waals surface area contributed by atoms with Crippen molar-refractivity contribution < 1.29 is 14.3 Å². The number of rotatable bonds is 4. The van der Waals surface area contributed by atoms with Crippen molar-refractivity contribution in [3.63, 3.8) is 0 Å². The van der Waals surface area contributed by atoms with Crippen LogP contribution in [0.3, 0.4) is 0 Å². The molecule has 0 aliphatic carbocycles. The molecule has 0 atom stereocenters. The van der Waals surface area contributed by atoms with Crippen LogP contribution < -0.4 is 15.0 Å². The number of carbonyl (C=O) groups is 2. The lowest BCUT2D eigenvalue weighted by atomic mass is 10.2. The first-order valence-electron chi connectivity index (χ1n) is 11.0. The second-order valence-corrected chi connectivity index (χ2v) is 8.07. The Morgan fingerprint density at radius 2 is 1.84 bits per heavy atom. The van der Waals surface area contributed by atoms with Crippen LogP contribution in [0, 0.1) is 0 Å². The number of benzene rings is 2. The monoisotopic (exact) mass is 431 g/mol. The number of nitrogens with one attached hydrogen (secondary N) is 1. The van der Waals surface area contributed by atoms with Crippen LogP contribution in [0.5, 0.6) is 5.75 Å². The van der Waals surface area contributed by atoms with Gasteiger partial charge in [0.2, 0.25) is 11.8 Å². The fourth-order valence-corrected chi connectivity index (χ4v) is 4.24. The van der Waals surface area contributed by atoms with E-state index < -0.39 is 0 Å². The van der Waals surface area contributed by atoms with Gasteiger partial charge in [0.15, 0.2) is 5.82 Å². The third kappa shape index (κ3) is 4.08. The second kappa shape index (κ2) is 8.82. The molecule has 2 aliphatic rings. The standard InChI is InChI=1S/C24H25N5O3/c30-22(16-29-19-6-3-4-7-20(19)32-15-13-23(29)31)25-18-11-9-17(10-12-18)24-27-26-21-8-2-1-5-14-28(21)24/h3-4,6-7,9-12H,1-2,5,8,13-16H2,(H,25,30). The zero-order valence-electron chi connectivity index (χ0n) is 17.8. The van der Waals surface area contributed by atoms with Gasteiger partial charge in [0.1, 0.15) is 18.1 Å². The van der Waals surface area contributed by atoms with Crippen molar-refractivity contribution in [1.29, 1.82) is 0 Å². The number of fused-ring (bicyclic) bond motifs is 2. The van der Waals surface area contributed by atoms with Crippen molar-refractivity contribution >= 4 is 23.2 Å². The minimum atomic E-state index is -0.265. The topological polar surface area (TPSA) is 89.3 Å². The molecule has 0 spiro atoms. The van der Waals surface area contributed by atoms with E-state index in [0.29, 0.717) is 23.7 Å². The summed E-state index contributed by atoms with van der Waals surface area (Å²) in [7, 11) is 0. The third-order valence-electron chi connectivity index (χ3n) is 5.87. The zero-order chi connectivity index (χ0) is 21.9. The number of amides is 2. The van der Waals surface area contributed by atoms with E-state index in [0.717, 1.165) is 43.0 Å². The number of para-hydroxylation sites is 2. The molecule has 3 aromatic rings. The van der Waals surface area contributed by atoms with E-state index in [4.69, 9.17) is 4.74 Å². The largest absolute Gasteiger partial charge is 0.491 e. The predicted octanol–water partition coefficient (Wildman–Crippen LogP) is 3.43. The number of aryl methyl sites for hydroxylation is 1. The Hall–Kier alpha value is -3.68. The highest BCUT2D eigenvalue weighted by Crippen LogP contribution is 2.31. The highest BCUT2D eigenvalue weighted by molar-refractivity contribution is 6.03. The van der Waals surface area contributed by atoms with Gasteiger partial charge in [-0.05, 0) is 49.2 Å². The molecule has 2 aromatic carbocycles. The van der Waals surface area contributed by atoms with Crippen LogP contribution in [0.25, 0.3) is 11.4 Å². The van der Waals surface area contributed by atoms with Gasteiger partial charge in [-0.3, -0.25) is 14.5 Å². The SMILES string of the molecule is O=C(CN1C(=O)CCOc2ccccc21)Nc1ccc(-c2nnc3n2CCCCC3)cc1. The highest BCUT2D eigenvalue weighted by Gasteiger charge is 2.25. The summed E-state index contributed by atoms with van der Waals surface area (Å²) in [4.78, 5) is 26.7. The van der Waals surface area contributed by atoms with Gasteiger partial charge >= 0.3 is 0 Å².